The predicted molar refractivity (Wildman–Crippen MR) is 87.0 cm³/mol. The molecular weight excluding hydrogens is 284 g/mol. The molecule has 0 fully saturated rings. The normalized spacial score (nSPS) is 12.5. The van der Waals surface area contributed by atoms with E-state index in [1.165, 1.54) is 4.88 Å². The standard InChI is InChI=1S/C14H18N6S/c1-3-15-14-18-12(11-8-16-20-13(11)19-14)17-9(2)7-10-5-4-6-21-10/h4-6,8-9H,3,7H2,1-2H3,(H3,15,16,17,18,19,20). The van der Waals surface area contributed by atoms with Gasteiger partial charge >= 0.3 is 0 Å². The van der Waals surface area contributed by atoms with Gasteiger partial charge in [0.15, 0.2) is 5.65 Å². The Balaban J connectivity index is 1.83. The fraction of sp³-hybridized carbons (Fsp3) is 0.357. The number of aromatic nitrogens is 4. The summed E-state index contributed by atoms with van der Waals surface area (Å²) in [6, 6.07) is 4.51. The Kier molecular flexibility index (Phi) is 4.01. The number of fused-ring (bicyclic) bond motifs is 1. The molecule has 7 heteroatoms. The Bertz CT molecular complexity index is 705. The molecule has 0 bridgehead atoms. The Labute approximate surface area is 127 Å². The fourth-order valence-electron chi connectivity index (χ4n) is 2.20. The molecule has 0 aliphatic carbocycles. The number of thiophene rings is 1. The fourth-order valence-corrected chi connectivity index (χ4v) is 3.03. The lowest BCUT2D eigenvalue weighted by Crippen LogP contribution is -2.19. The molecule has 0 aromatic carbocycles. The molecule has 21 heavy (non-hydrogen) atoms. The molecule has 0 saturated heterocycles. The molecule has 3 heterocycles. The third kappa shape index (κ3) is 3.13. The summed E-state index contributed by atoms with van der Waals surface area (Å²) in [7, 11) is 0. The number of nitrogens with one attached hydrogen (secondary N) is 3. The van der Waals surface area contributed by atoms with Gasteiger partial charge in [-0.15, -0.1) is 11.3 Å². The van der Waals surface area contributed by atoms with E-state index in [2.05, 4.69) is 55.2 Å². The number of nitrogens with zero attached hydrogens (tertiary/aromatic N) is 3. The zero-order valence-corrected chi connectivity index (χ0v) is 12.9. The van der Waals surface area contributed by atoms with Crippen molar-refractivity contribution in [1.82, 2.24) is 20.2 Å². The van der Waals surface area contributed by atoms with Crippen LogP contribution in [0, 0.1) is 0 Å². The van der Waals surface area contributed by atoms with Gasteiger partial charge in [-0.25, -0.2) is 0 Å². The Hall–Kier alpha value is -2.15. The summed E-state index contributed by atoms with van der Waals surface area (Å²) >= 11 is 1.77. The van der Waals surface area contributed by atoms with E-state index < -0.39 is 0 Å². The summed E-state index contributed by atoms with van der Waals surface area (Å²) in [6.07, 6.45) is 2.73. The molecule has 0 radical (unpaired) electrons. The summed E-state index contributed by atoms with van der Waals surface area (Å²) in [5.74, 6) is 1.42. The SMILES string of the molecule is CCNc1nc(NC(C)Cc2cccs2)c2cn[nH]c2n1. The van der Waals surface area contributed by atoms with Gasteiger partial charge in [0.05, 0.1) is 11.6 Å². The molecule has 0 aliphatic rings. The molecule has 0 amide bonds. The second-order valence-corrected chi connectivity index (χ2v) is 5.92. The van der Waals surface area contributed by atoms with E-state index in [0.29, 0.717) is 5.95 Å². The molecule has 3 aromatic rings. The van der Waals surface area contributed by atoms with Crippen LogP contribution in [-0.4, -0.2) is 32.8 Å². The predicted octanol–water partition coefficient (Wildman–Crippen LogP) is 2.89. The van der Waals surface area contributed by atoms with Crippen molar-refractivity contribution in [2.45, 2.75) is 26.3 Å². The molecule has 110 valence electrons. The monoisotopic (exact) mass is 302 g/mol. The van der Waals surface area contributed by atoms with Gasteiger partial charge in [0, 0.05) is 23.9 Å². The van der Waals surface area contributed by atoms with Crippen LogP contribution in [0.2, 0.25) is 0 Å². The largest absolute Gasteiger partial charge is 0.366 e. The van der Waals surface area contributed by atoms with Crippen LogP contribution >= 0.6 is 11.3 Å². The minimum Gasteiger partial charge on any atom is -0.366 e. The first kappa shape index (κ1) is 13.8. The smallest absolute Gasteiger partial charge is 0.226 e. The lowest BCUT2D eigenvalue weighted by molar-refractivity contribution is 0.795. The molecule has 6 nitrogen and oxygen atoms in total. The van der Waals surface area contributed by atoms with E-state index in [4.69, 9.17) is 0 Å². The summed E-state index contributed by atoms with van der Waals surface area (Å²) in [5, 5.41) is 16.6. The zero-order chi connectivity index (χ0) is 14.7. The van der Waals surface area contributed by atoms with E-state index in [1.54, 1.807) is 17.5 Å². The molecule has 0 saturated carbocycles. The van der Waals surface area contributed by atoms with Crippen LogP contribution in [0.15, 0.2) is 23.7 Å². The zero-order valence-electron chi connectivity index (χ0n) is 12.1. The van der Waals surface area contributed by atoms with E-state index in [9.17, 15) is 0 Å². The van der Waals surface area contributed by atoms with Gasteiger partial charge in [-0.1, -0.05) is 6.07 Å². The maximum Gasteiger partial charge on any atom is 0.226 e. The number of anilines is 2. The van der Waals surface area contributed by atoms with Crippen molar-refractivity contribution in [2.24, 2.45) is 0 Å². The minimum absolute atomic E-state index is 0.283. The van der Waals surface area contributed by atoms with Crippen LogP contribution < -0.4 is 10.6 Å². The molecule has 0 aliphatic heterocycles. The number of H-pyrrole nitrogens is 1. The number of rotatable bonds is 6. The van der Waals surface area contributed by atoms with Gasteiger partial charge in [-0.3, -0.25) is 5.10 Å². The average Bonchev–Trinajstić information content (AvgIpc) is 3.09. The van der Waals surface area contributed by atoms with Crippen LogP contribution in [0.25, 0.3) is 11.0 Å². The van der Waals surface area contributed by atoms with Crippen molar-refractivity contribution in [3.8, 4) is 0 Å². The van der Waals surface area contributed by atoms with Crippen molar-refractivity contribution in [2.75, 3.05) is 17.2 Å². The summed E-state index contributed by atoms with van der Waals surface area (Å²) in [6.45, 7) is 4.96. The molecule has 0 spiro atoms. The molecule has 3 N–H and O–H groups in total. The van der Waals surface area contributed by atoms with Crippen molar-refractivity contribution in [3.63, 3.8) is 0 Å². The van der Waals surface area contributed by atoms with Gasteiger partial charge < -0.3 is 10.6 Å². The van der Waals surface area contributed by atoms with Crippen LogP contribution in [-0.2, 0) is 6.42 Å². The summed E-state index contributed by atoms with van der Waals surface area (Å²) < 4.78 is 0. The molecule has 3 aromatic heterocycles. The van der Waals surface area contributed by atoms with E-state index >= 15 is 0 Å². The minimum atomic E-state index is 0.283. The van der Waals surface area contributed by atoms with Crippen molar-refractivity contribution in [3.05, 3.63) is 28.6 Å². The second kappa shape index (κ2) is 6.09. The third-order valence-electron chi connectivity index (χ3n) is 3.12. The number of hydrogen-bond acceptors (Lipinski definition) is 6. The second-order valence-electron chi connectivity index (χ2n) is 4.89. The first-order valence-corrected chi connectivity index (χ1v) is 7.88. The van der Waals surface area contributed by atoms with Gasteiger partial charge in [-0.05, 0) is 25.3 Å². The first-order chi connectivity index (χ1) is 10.3. The van der Waals surface area contributed by atoms with Gasteiger partial charge in [0.2, 0.25) is 5.95 Å². The quantitative estimate of drug-likeness (QED) is 0.652. The molecular formula is C14H18N6S. The van der Waals surface area contributed by atoms with Crippen LogP contribution in [0.1, 0.15) is 18.7 Å². The number of aromatic amines is 1. The molecule has 1 atom stereocenters. The Morgan fingerprint density at radius 1 is 1.38 bits per heavy atom. The maximum absolute atomic E-state index is 4.54. The van der Waals surface area contributed by atoms with Crippen molar-refractivity contribution < 1.29 is 0 Å². The molecule has 3 rings (SSSR count). The van der Waals surface area contributed by atoms with Gasteiger partial charge in [0.1, 0.15) is 5.82 Å². The van der Waals surface area contributed by atoms with E-state index in [-0.39, 0.29) is 6.04 Å². The lowest BCUT2D eigenvalue weighted by Gasteiger charge is -2.15. The highest BCUT2D eigenvalue weighted by atomic mass is 32.1. The highest BCUT2D eigenvalue weighted by Gasteiger charge is 2.12. The topological polar surface area (TPSA) is 78.5 Å². The number of hydrogen-bond donors (Lipinski definition) is 3. The average molecular weight is 302 g/mol. The van der Waals surface area contributed by atoms with E-state index in [1.807, 2.05) is 6.92 Å². The van der Waals surface area contributed by atoms with Crippen LogP contribution in [0.3, 0.4) is 0 Å². The van der Waals surface area contributed by atoms with Gasteiger partial charge in [0.25, 0.3) is 0 Å². The van der Waals surface area contributed by atoms with Crippen molar-refractivity contribution in [1.29, 1.82) is 0 Å². The van der Waals surface area contributed by atoms with E-state index in [0.717, 1.165) is 29.8 Å². The van der Waals surface area contributed by atoms with Gasteiger partial charge in [-0.2, -0.15) is 15.1 Å². The first-order valence-electron chi connectivity index (χ1n) is 7.00. The highest BCUT2D eigenvalue weighted by molar-refractivity contribution is 7.09. The summed E-state index contributed by atoms with van der Waals surface area (Å²) in [4.78, 5) is 10.3. The van der Waals surface area contributed by atoms with Crippen LogP contribution in [0.4, 0.5) is 11.8 Å². The molecule has 1 unspecified atom stereocenters. The maximum atomic E-state index is 4.54. The highest BCUT2D eigenvalue weighted by Crippen LogP contribution is 2.21. The Morgan fingerprint density at radius 2 is 2.29 bits per heavy atom. The Morgan fingerprint density at radius 3 is 3.05 bits per heavy atom. The van der Waals surface area contributed by atoms with Crippen LogP contribution in [0.5, 0.6) is 0 Å². The lowest BCUT2D eigenvalue weighted by atomic mass is 10.2. The third-order valence-corrected chi connectivity index (χ3v) is 4.01. The van der Waals surface area contributed by atoms with Crippen molar-refractivity contribution >= 4 is 34.1 Å². The summed E-state index contributed by atoms with van der Waals surface area (Å²) in [5.41, 5.74) is 0.742.